The summed E-state index contributed by atoms with van der Waals surface area (Å²) in [6.07, 6.45) is 8.61. The Kier molecular flexibility index (Phi) is 4.97. The van der Waals surface area contributed by atoms with Gasteiger partial charge in [0.1, 0.15) is 6.54 Å². The molecular weight excluding hydrogens is 342 g/mol. The first-order chi connectivity index (χ1) is 13.1. The smallest absolute Gasteiger partial charge is 0.244 e. The molecule has 0 saturated carbocycles. The van der Waals surface area contributed by atoms with Crippen LogP contribution in [0.25, 0.3) is 0 Å². The number of carbonyl (C=O) groups is 3. The predicted molar refractivity (Wildman–Crippen MR) is 103 cm³/mol. The van der Waals surface area contributed by atoms with E-state index in [0.29, 0.717) is 12.8 Å². The predicted octanol–water partition coefficient (Wildman–Crippen LogP) is 2.57. The monoisotopic (exact) mass is 367 g/mol. The summed E-state index contributed by atoms with van der Waals surface area (Å²) < 4.78 is 0. The highest BCUT2D eigenvalue weighted by Crippen LogP contribution is 2.35. The Morgan fingerprint density at radius 2 is 1.59 bits per heavy atom. The molecule has 6 heteroatoms. The molecule has 1 N–H and O–H groups in total. The largest absolute Gasteiger partial charge is 0.370 e. The molecule has 2 unspecified atom stereocenters. The molecule has 0 bridgehead atoms. The number of nitrogens with zero attached hydrogens (tertiary/aromatic N) is 2. The van der Waals surface area contributed by atoms with Crippen LogP contribution in [0.2, 0.25) is 0 Å². The van der Waals surface area contributed by atoms with Crippen molar-refractivity contribution in [2.75, 3.05) is 29.9 Å². The first-order valence-corrected chi connectivity index (χ1v) is 9.79. The molecule has 6 nitrogen and oxygen atoms in total. The fourth-order valence-corrected chi connectivity index (χ4v) is 4.35. The van der Waals surface area contributed by atoms with Crippen LogP contribution in [0.1, 0.15) is 32.1 Å². The van der Waals surface area contributed by atoms with Crippen molar-refractivity contribution in [3.8, 4) is 0 Å². The molecule has 2 aliphatic heterocycles. The van der Waals surface area contributed by atoms with E-state index >= 15 is 0 Å². The first kappa shape index (κ1) is 17.8. The third-order valence-corrected chi connectivity index (χ3v) is 5.78. The lowest BCUT2D eigenvalue weighted by atomic mass is 9.85. The zero-order valence-electron chi connectivity index (χ0n) is 15.4. The highest BCUT2D eigenvalue weighted by molar-refractivity contribution is 6.09. The Morgan fingerprint density at radius 3 is 2.26 bits per heavy atom. The molecule has 4 rings (SSSR count). The van der Waals surface area contributed by atoms with Crippen LogP contribution in [-0.2, 0) is 14.4 Å². The topological polar surface area (TPSA) is 69.7 Å². The average molecular weight is 367 g/mol. The molecule has 27 heavy (non-hydrogen) atoms. The molecule has 2 fully saturated rings. The maximum Gasteiger partial charge on any atom is 0.244 e. The number of allylic oxidation sites excluding steroid dienone is 2. The highest BCUT2D eigenvalue weighted by atomic mass is 16.2. The highest BCUT2D eigenvalue weighted by Gasteiger charge is 2.47. The van der Waals surface area contributed by atoms with E-state index in [0.717, 1.165) is 42.2 Å². The van der Waals surface area contributed by atoms with Gasteiger partial charge >= 0.3 is 0 Å². The molecule has 0 aromatic heterocycles. The van der Waals surface area contributed by atoms with Gasteiger partial charge in [-0.1, -0.05) is 24.3 Å². The molecule has 2 saturated heterocycles. The Morgan fingerprint density at radius 1 is 0.963 bits per heavy atom. The van der Waals surface area contributed by atoms with Crippen LogP contribution in [0.4, 0.5) is 11.4 Å². The van der Waals surface area contributed by atoms with E-state index in [1.807, 2.05) is 36.4 Å². The number of amides is 3. The Hall–Kier alpha value is -2.63. The maximum atomic E-state index is 12.6. The number of nitrogens with one attached hydrogen (secondary N) is 1. The number of imide groups is 1. The minimum absolute atomic E-state index is 0.209. The van der Waals surface area contributed by atoms with Crippen molar-refractivity contribution in [1.29, 1.82) is 0 Å². The number of rotatable bonds is 4. The van der Waals surface area contributed by atoms with Crippen LogP contribution < -0.4 is 10.2 Å². The SMILES string of the molecule is O=C(CN1C(=O)C2CC=CCC2C1=O)Nc1ccccc1N1CCCCC1. The lowest BCUT2D eigenvalue weighted by Gasteiger charge is -2.30. The molecule has 1 aromatic carbocycles. The first-order valence-electron chi connectivity index (χ1n) is 9.79. The van der Waals surface area contributed by atoms with Gasteiger partial charge in [-0.15, -0.1) is 0 Å². The van der Waals surface area contributed by atoms with Crippen molar-refractivity contribution in [1.82, 2.24) is 4.90 Å². The summed E-state index contributed by atoms with van der Waals surface area (Å²) in [5.41, 5.74) is 1.74. The molecule has 0 spiro atoms. The number of fused-ring (bicyclic) bond motifs is 1. The van der Waals surface area contributed by atoms with Crippen LogP contribution in [0.15, 0.2) is 36.4 Å². The van der Waals surface area contributed by atoms with Crippen molar-refractivity contribution < 1.29 is 14.4 Å². The minimum Gasteiger partial charge on any atom is -0.370 e. The molecule has 3 aliphatic rings. The number of hydrogen-bond donors (Lipinski definition) is 1. The summed E-state index contributed by atoms with van der Waals surface area (Å²) in [6.45, 7) is 1.75. The van der Waals surface area contributed by atoms with Gasteiger partial charge in [-0.3, -0.25) is 19.3 Å². The summed E-state index contributed by atoms with van der Waals surface area (Å²) >= 11 is 0. The number of likely N-dealkylation sites (tertiary alicyclic amines) is 1. The lowest BCUT2D eigenvalue weighted by molar-refractivity contribution is -0.142. The van der Waals surface area contributed by atoms with E-state index in [4.69, 9.17) is 0 Å². The third-order valence-electron chi connectivity index (χ3n) is 5.78. The number of para-hydroxylation sites is 2. The zero-order chi connectivity index (χ0) is 18.8. The molecule has 3 amide bonds. The number of piperidine rings is 1. The number of benzene rings is 1. The van der Waals surface area contributed by atoms with Crippen molar-refractivity contribution in [3.05, 3.63) is 36.4 Å². The molecule has 142 valence electrons. The van der Waals surface area contributed by atoms with E-state index in [-0.39, 0.29) is 36.1 Å². The van der Waals surface area contributed by atoms with E-state index in [2.05, 4.69) is 10.2 Å². The molecule has 1 aliphatic carbocycles. The summed E-state index contributed by atoms with van der Waals surface area (Å²) in [4.78, 5) is 41.1. The van der Waals surface area contributed by atoms with Crippen LogP contribution in [0.3, 0.4) is 0 Å². The van der Waals surface area contributed by atoms with Gasteiger partial charge in [0, 0.05) is 13.1 Å². The van der Waals surface area contributed by atoms with E-state index in [1.165, 1.54) is 6.42 Å². The number of carbonyl (C=O) groups excluding carboxylic acids is 3. The zero-order valence-corrected chi connectivity index (χ0v) is 15.4. The second-order valence-electron chi connectivity index (χ2n) is 7.53. The molecule has 2 heterocycles. The summed E-state index contributed by atoms with van der Waals surface area (Å²) in [7, 11) is 0. The average Bonchev–Trinajstić information content (AvgIpc) is 2.94. The van der Waals surface area contributed by atoms with Crippen LogP contribution in [-0.4, -0.2) is 42.3 Å². The van der Waals surface area contributed by atoms with Gasteiger partial charge < -0.3 is 10.2 Å². The van der Waals surface area contributed by atoms with Crippen molar-refractivity contribution in [2.24, 2.45) is 11.8 Å². The normalized spacial score (nSPS) is 24.9. The van der Waals surface area contributed by atoms with Gasteiger partial charge in [0.25, 0.3) is 0 Å². The van der Waals surface area contributed by atoms with Gasteiger partial charge in [0.05, 0.1) is 23.2 Å². The number of anilines is 2. The van der Waals surface area contributed by atoms with Gasteiger partial charge in [-0.2, -0.15) is 0 Å². The van der Waals surface area contributed by atoms with E-state index in [9.17, 15) is 14.4 Å². The van der Waals surface area contributed by atoms with E-state index in [1.54, 1.807) is 0 Å². The second kappa shape index (κ2) is 7.55. The fourth-order valence-electron chi connectivity index (χ4n) is 4.35. The summed E-state index contributed by atoms with van der Waals surface area (Å²) in [5, 5.41) is 2.91. The van der Waals surface area contributed by atoms with Crippen LogP contribution in [0.5, 0.6) is 0 Å². The lowest BCUT2D eigenvalue weighted by Crippen LogP contribution is -2.38. The molecule has 0 radical (unpaired) electrons. The Labute approximate surface area is 159 Å². The van der Waals surface area contributed by atoms with Crippen molar-refractivity contribution in [2.45, 2.75) is 32.1 Å². The van der Waals surface area contributed by atoms with Gasteiger partial charge in [0.2, 0.25) is 17.7 Å². The Balaban J connectivity index is 1.44. The van der Waals surface area contributed by atoms with Crippen molar-refractivity contribution >= 4 is 29.1 Å². The quantitative estimate of drug-likeness (QED) is 0.656. The van der Waals surface area contributed by atoms with Gasteiger partial charge in [-0.25, -0.2) is 0 Å². The summed E-state index contributed by atoms with van der Waals surface area (Å²) in [5.74, 6) is -1.35. The Bertz CT molecular complexity index is 757. The second-order valence-corrected chi connectivity index (χ2v) is 7.53. The van der Waals surface area contributed by atoms with Gasteiger partial charge in [0.15, 0.2) is 0 Å². The summed E-state index contributed by atoms with van der Waals surface area (Å²) in [6, 6.07) is 7.73. The third kappa shape index (κ3) is 3.48. The van der Waals surface area contributed by atoms with Crippen LogP contribution >= 0.6 is 0 Å². The van der Waals surface area contributed by atoms with Crippen molar-refractivity contribution in [3.63, 3.8) is 0 Å². The fraction of sp³-hybridized carbons (Fsp3) is 0.476. The maximum absolute atomic E-state index is 12.6. The van der Waals surface area contributed by atoms with Crippen LogP contribution in [0, 0.1) is 11.8 Å². The molecule has 1 aromatic rings. The van der Waals surface area contributed by atoms with Gasteiger partial charge in [-0.05, 0) is 44.2 Å². The standard InChI is InChI=1S/C21H25N3O3/c25-19(14-24-20(26)15-8-2-3-9-16(15)21(24)27)22-17-10-4-5-11-18(17)23-12-6-1-7-13-23/h2-5,10-11,15-16H,1,6-9,12-14H2,(H,22,25). The van der Waals surface area contributed by atoms with E-state index < -0.39 is 0 Å². The minimum atomic E-state index is -0.326. The number of hydrogen-bond acceptors (Lipinski definition) is 4. The molecular formula is C21H25N3O3. The molecule has 2 atom stereocenters.